The van der Waals surface area contributed by atoms with Crippen LogP contribution in [0.5, 0.6) is 0 Å². The number of hydrogen-bond donors (Lipinski definition) is 0. The van der Waals surface area contributed by atoms with E-state index in [1.165, 1.54) is 0 Å². The van der Waals surface area contributed by atoms with Gasteiger partial charge in [-0.15, -0.1) is 0 Å². The van der Waals surface area contributed by atoms with Crippen molar-refractivity contribution in [2.45, 2.75) is 13.3 Å². The van der Waals surface area contributed by atoms with Gasteiger partial charge >= 0.3 is 0 Å². The molecule has 3 heteroatoms. The highest BCUT2D eigenvalue weighted by molar-refractivity contribution is 5.78. The fourth-order valence-corrected chi connectivity index (χ4v) is 1.31. The van der Waals surface area contributed by atoms with Crippen LogP contribution in [0.3, 0.4) is 0 Å². The van der Waals surface area contributed by atoms with Gasteiger partial charge in [0.2, 0.25) is 0 Å². The normalized spacial score (nSPS) is 8.79. The lowest BCUT2D eigenvalue weighted by atomic mass is 9.96. The van der Waals surface area contributed by atoms with Crippen molar-refractivity contribution in [2.24, 2.45) is 0 Å². The van der Waals surface area contributed by atoms with E-state index in [0.29, 0.717) is 16.7 Å². The first-order valence-corrected chi connectivity index (χ1v) is 4.09. The molecule has 0 N–H and O–H groups in total. The molecule has 0 radical (unpaired) electrons. The van der Waals surface area contributed by atoms with Crippen LogP contribution in [0.2, 0.25) is 0 Å². The molecule has 0 spiro atoms. The molecule has 0 unspecified atom stereocenters. The van der Waals surface area contributed by atoms with E-state index in [1.54, 1.807) is 19.1 Å². The predicted octanol–water partition coefficient (Wildman–Crippen LogP) is 1.75. The summed E-state index contributed by atoms with van der Waals surface area (Å²) in [6, 6.07) is 7.16. The van der Waals surface area contributed by atoms with E-state index in [1.807, 2.05) is 12.1 Å². The summed E-state index contributed by atoms with van der Waals surface area (Å²) in [6.45, 7) is 1.75. The highest BCUT2D eigenvalue weighted by Gasteiger charge is 2.08. The number of aldehydes is 1. The fourth-order valence-electron chi connectivity index (χ4n) is 1.31. The predicted molar refractivity (Wildman–Crippen MR) is 50.6 cm³/mol. The maximum absolute atomic E-state index is 10.6. The van der Waals surface area contributed by atoms with Gasteiger partial charge in [-0.25, -0.2) is 0 Å². The molecule has 68 valence electrons. The quantitative estimate of drug-likeness (QED) is 0.657. The van der Waals surface area contributed by atoms with E-state index in [9.17, 15) is 4.79 Å². The van der Waals surface area contributed by atoms with Crippen molar-refractivity contribution in [1.29, 1.82) is 10.5 Å². The minimum absolute atomic E-state index is 0.163. The number of nitrogens with zero attached hydrogens (tertiary/aromatic N) is 2. The van der Waals surface area contributed by atoms with E-state index in [-0.39, 0.29) is 6.42 Å². The molecule has 0 saturated heterocycles. The van der Waals surface area contributed by atoms with Crippen molar-refractivity contribution in [1.82, 2.24) is 0 Å². The van der Waals surface area contributed by atoms with Crippen LogP contribution in [0.4, 0.5) is 0 Å². The second-order valence-electron chi connectivity index (χ2n) is 2.87. The third-order valence-electron chi connectivity index (χ3n) is 2.14. The van der Waals surface area contributed by atoms with E-state index >= 15 is 0 Å². The molecule has 0 bridgehead atoms. The summed E-state index contributed by atoms with van der Waals surface area (Å²) in [5, 5.41) is 17.4. The lowest BCUT2D eigenvalue weighted by Gasteiger charge is -2.05. The van der Waals surface area contributed by atoms with Gasteiger partial charge in [-0.1, -0.05) is 6.07 Å². The summed E-state index contributed by atoms with van der Waals surface area (Å²) in [6.07, 6.45) is 0.897. The smallest absolute Gasteiger partial charge is 0.150 e. The lowest BCUT2D eigenvalue weighted by molar-refractivity contribution is 0.112. The molecule has 0 fully saturated rings. The van der Waals surface area contributed by atoms with Gasteiger partial charge in [0.15, 0.2) is 0 Å². The summed E-state index contributed by atoms with van der Waals surface area (Å²) < 4.78 is 0. The first-order chi connectivity index (χ1) is 6.74. The van der Waals surface area contributed by atoms with Crippen LogP contribution in [-0.2, 0) is 6.42 Å². The van der Waals surface area contributed by atoms with E-state index in [2.05, 4.69) is 0 Å². The molecule has 0 aliphatic rings. The minimum atomic E-state index is 0.163. The van der Waals surface area contributed by atoms with Gasteiger partial charge in [0.05, 0.1) is 24.1 Å². The highest BCUT2D eigenvalue weighted by Crippen LogP contribution is 2.17. The van der Waals surface area contributed by atoms with Crippen molar-refractivity contribution in [3.63, 3.8) is 0 Å². The summed E-state index contributed by atoms with van der Waals surface area (Å²) in [5.41, 5.74) is 2.38. The second kappa shape index (κ2) is 4.20. The third-order valence-corrected chi connectivity index (χ3v) is 2.14. The van der Waals surface area contributed by atoms with E-state index in [4.69, 9.17) is 10.5 Å². The van der Waals surface area contributed by atoms with Crippen molar-refractivity contribution >= 4 is 6.29 Å². The van der Waals surface area contributed by atoms with Gasteiger partial charge in [-0.3, -0.25) is 4.79 Å². The molecule has 1 aromatic rings. The van der Waals surface area contributed by atoms with Crippen LogP contribution in [0.1, 0.15) is 27.0 Å². The molecule has 0 aromatic heterocycles. The third kappa shape index (κ3) is 1.62. The Kier molecular flexibility index (Phi) is 2.99. The zero-order chi connectivity index (χ0) is 10.6. The number of benzene rings is 1. The van der Waals surface area contributed by atoms with Crippen molar-refractivity contribution < 1.29 is 4.79 Å². The van der Waals surface area contributed by atoms with Crippen molar-refractivity contribution in [3.05, 3.63) is 34.4 Å². The van der Waals surface area contributed by atoms with Gasteiger partial charge in [-0.2, -0.15) is 10.5 Å². The molecular weight excluding hydrogens is 176 g/mol. The van der Waals surface area contributed by atoms with Crippen LogP contribution >= 0.6 is 0 Å². The van der Waals surface area contributed by atoms with Crippen molar-refractivity contribution in [2.75, 3.05) is 0 Å². The molecule has 1 rings (SSSR count). The first-order valence-electron chi connectivity index (χ1n) is 4.09. The maximum Gasteiger partial charge on any atom is 0.150 e. The standard InChI is InChI=1S/C11H8N2O/c1-8-10(7-14)3-2-9(6-13)11(8)4-5-12/h2-3,7H,4H2,1H3. The summed E-state index contributed by atoms with van der Waals surface area (Å²) >= 11 is 0. The minimum Gasteiger partial charge on any atom is -0.298 e. The monoisotopic (exact) mass is 184 g/mol. The molecule has 3 nitrogen and oxygen atoms in total. The number of carbonyl (C=O) groups excluding carboxylic acids is 1. The average Bonchev–Trinajstić information content (AvgIpc) is 2.21. The van der Waals surface area contributed by atoms with Gasteiger partial charge in [0.25, 0.3) is 0 Å². The van der Waals surface area contributed by atoms with Crippen LogP contribution in [-0.4, -0.2) is 6.29 Å². The number of hydrogen-bond acceptors (Lipinski definition) is 3. The zero-order valence-corrected chi connectivity index (χ0v) is 7.74. The molecule has 14 heavy (non-hydrogen) atoms. The Morgan fingerprint density at radius 2 is 2.14 bits per heavy atom. The van der Waals surface area contributed by atoms with Gasteiger partial charge < -0.3 is 0 Å². The Hall–Kier alpha value is -2.13. The Bertz CT molecular complexity index is 450. The Morgan fingerprint density at radius 1 is 1.43 bits per heavy atom. The summed E-state index contributed by atoms with van der Waals surface area (Å²) in [7, 11) is 0. The molecule has 0 amide bonds. The molecule has 0 heterocycles. The van der Waals surface area contributed by atoms with Crippen LogP contribution < -0.4 is 0 Å². The fraction of sp³-hybridized carbons (Fsp3) is 0.182. The van der Waals surface area contributed by atoms with E-state index in [0.717, 1.165) is 11.8 Å². The Balaban J connectivity index is 3.41. The average molecular weight is 184 g/mol. The Labute approximate surface area is 82.2 Å². The molecule has 0 aliphatic heterocycles. The number of nitriles is 2. The maximum atomic E-state index is 10.6. The van der Waals surface area contributed by atoms with Gasteiger partial charge in [0, 0.05) is 5.56 Å². The first kappa shape index (κ1) is 9.95. The van der Waals surface area contributed by atoms with Crippen molar-refractivity contribution in [3.8, 4) is 12.1 Å². The number of carbonyl (C=O) groups is 1. The number of rotatable bonds is 2. The largest absolute Gasteiger partial charge is 0.298 e. The molecule has 0 aliphatic carbocycles. The molecule has 0 atom stereocenters. The SMILES string of the molecule is Cc1c(C=O)ccc(C#N)c1CC#N. The van der Waals surface area contributed by atoms with Crippen LogP contribution in [0, 0.1) is 29.6 Å². The molecule has 1 aromatic carbocycles. The Morgan fingerprint density at radius 3 is 2.64 bits per heavy atom. The summed E-state index contributed by atoms with van der Waals surface area (Å²) in [4.78, 5) is 10.6. The second-order valence-corrected chi connectivity index (χ2v) is 2.87. The van der Waals surface area contributed by atoms with Gasteiger partial charge in [0.1, 0.15) is 6.29 Å². The van der Waals surface area contributed by atoms with Crippen LogP contribution in [0.15, 0.2) is 12.1 Å². The topological polar surface area (TPSA) is 64.7 Å². The van der Waals surface area contributed by atoms with E-state index < -0.39 is 0 Å². The molecular formula is C11H8N2O. The zero-order valence-electron chi connectivity index (χ0n) is 7.74. The molecule has 0 saturated carbocycles. The summed E-state index contributed by atoms with van der Waals surface area (Å²) in [5.74, 6) is 0. The van der Waals surface area contributed by atoms with Crippen LogP contribution in [0.25, 0.3) is 0 Å². The highest BCUT2D eigenvalue weighted by atomic mass is 16.1. The van der Waals surface area contributed by atoms with Gasteiger partial charge in [-0.05, 0) is 24.1 Å². The lowest BCUT2D eigenvalue weighted by Crippen LogP contribution is -1.97.